The van der Waals surface area contributed by atoms with Crippen molar-refractivity contribution < 1.29 is 0 Å². The van der Waals surface area contributed by atoms with Gasteiger partial charge < -0.3 is 11.1 Å². The molecule has 0 amide bonds. The van der Waals surface area contributed by atoms with Gasteiger partial charge in [-0.1, -0.05) is 0 Å². The molecule has 0 bridgehead atoms. The van der Waals surface area contributed by atoms with E-state index in [1.54, 1.807) is 0 Å². The van der Waals surface area contributed by atoms with Crippen LogP contribution in [-0.2, 0) is 0 Å². The van der Waals surface area contributed by atoms with Crippen LogP contribution in [0.25, 0.3) is 0 Å². The van der Waals surface area contributed by atoms with Gasteiger partial charge in [-0.3, -0.25) is 0 Å². The zero-order valence-electron chi connectivity index (χ0n) is 7.10. The zero-order valence-corrected chi connectivity index (χ0v) is 7.10. The molecular formula is C9H18N2. The van der Waals surface area contributed by atoms with E-state index in [1.807, 2.05) is 0 Å². The van der Waals surface area contributed by atoms with Crippen molar-refractivity contribution in [3.8, 4) is 0 Å². The summed E-state index contributed by atoms with van der Waals surface area (Å²) in [5, 5.41) is 3.41. The highest BCUT2D eigenvalue weighted by atomic mass is 14.9. The first-order valence-electron chi connectivity index (χ1n) is 4.75. The van der Waals surface area contributed by atoms with Gasteiger partial charge in [-0.15, -0.1) is 0 Å². The number of rotatable bonds is 1. The average Bonchev–Trinajstić information content (AvgIpc) is 2.01. The third kappa shape index (κ3) is 1.30. The lowest BCUT2D eigenvalue weighted by Gasteiger charge is -2.50. The molecule has 0 atom stereocenters. The standard InChI is InChI=1S/C9H18N2/c10-7-8-5-9(6-8)1-3-11-4-2-9/h8,11H,1-7,10H2. The lowest BCUT2D eigenvalue weighted by Crippen LogP contribution is -2.47. The van der Waals surface area contributed by atoms with E-state index >= 15 is 0 Å². The molecule has 0 radical (unpaired) electrons. The maximum atomic E-state index is 5.61. The summed E-state index contributed by atoms with van der Waals surface area (Å²) in [7, 11) is 0. The Morgan fingerprint density at radius 2 is 1.91 bits per heavy atom. The summed E-state index contributed by atoms with van der Waals surface area (Å²) >= 11 is 0. The normalized spacial score (nSPS) is 30.3. The van der Waals surface area contributed by atoms with E-state index in [0.29, 0.717) is 0 Å². The highest BCUT2D eigenvalue weighted by Gasteiger charge is 2.43. The summed E-state index contributed by atoms with van der Waals surface area (Å²) < 4.78 is 0. The second-order valence-corrected chi connectivity index (χ2v) is 4.26. The van der Waals surface area contributed by atoms with Crippen molar-refractivity contribution in [2.45, 2.75) is 25.7 Å². The first-order valence-corrected chi connectivity index (χ1v) is 4.75. The lowest BCUT2D eigenvalue weighted by atomic mass is 9.58. The second kappa shape index (κ2) is 2.76. The number of nitrogens with one attached hydrogen (secondary N) is 1. The highest BCUT2D eigenvalue weighted by molar-refractivity contribution is 4.96. The lowest BCUT2D eigenvalue weighted by molar-refractivity contribution is 0.0265. The molecule has 0 aromatic rings. The van der Waals surface area contributed by atoms with Crippen LogP contribution in [0, 0.1) is 11.3 Å². The molecule has 2 fully saturated rings. The average molecular weight is 154 g/mol. The highest BCUT2D eigenvalue weighted by Crippen LogP contribution is 2.50. The fourth-order valence-corrected chi connectivity index (χ4v) is 2.70. The second-order valence-electron chi connectivity index (χ2n) is 4.26. The van der Waals surface area contributed by atoms with Gasteiger partial charge in [0.05, 0.1) is 0 Å². The predicted molar refractivity (Wildman–Crippen MR) is 46.3 cm³/mol. The van der Waals surface area contributed by atoms with Crippen LogP contribution in [0.1, 0.15) is 25.7 Å². The maximum Gasteiger partial charge on any atom is -0.00436 e. The molecule has 1 aliphatic heterocycles. The third-order valence-electron chi connectivity index (χ3n) is 3.44. The van der Waals surface area contributed by atoms with Crippen molar-refractivity contribution in [1.29, 1.82) is 0 Å². The molecule has 1 heterocycles. The Morgan fingerprint density at radius 3 is 2.45 bits per heavy atom. The minimum Gasteiger partial charge on any atom is -0.330 e. The number of hydrogen-bond donors (Lipinski definition) is 2. The van der Waals surface area contributed by atoms with Crippen molar-refractivity contribution in [2.75, 3.05) is 19.6 Å². The van der Waals surface area contributed by atoms with Gasteiger partial charge >= 0.3 is 0 Å². The molecule has 3 N–H and O–H groups in total. The molecule has 2 nitrogen and oxygen atoms in total. The quantitative estimate of drug-likeness (QED) is 0.584. The van der Waals surface area contributed by atoms with Crippen LogP contribution < -0.4 is 11.1 Å². The van der Waals surface area contributed by atoms with Crippen LogP contribution in [0.3, 0.4) is 0 Å². The molecule has 0 unspecified atom stereocenters. The van der Waals surface area contributed by atoms with Gasteiger partial charge in [0.25, 0.3) is 0 Å². The summed E-state index contributed by atoms with van der Waals surface area (Å²) in [4.78, 5) is 0. The van der Waals surface area contributed by atoms with Crippen LogP contribution >= 0.6 is 0 Å². The first kappa shape index (κ1) is 7.56. The summed E-state index contributed by atoms with van der Waals surface area (Å²) in [5.41, 5.74) is 6.34. The topological polar surface area (TPSA) is 38.0 Å². The first-order chi connectivity index (χ1) is 5.35. The molecule has 2 aliphatic rings. The molecule has 11 heavy (non-hydrogen) atoms. The van der Waals surface area contributed by atoms with Gasteiger partial charge in [0, 0.05) is 0 Å². The van der Waals surface area contributed by atoms with E-state index in [1.165, 1.54) is 38.8 Å². The minimum atomic E-state index is 0.731. The van der Waals surface area contributed by atoms with E-state index in [-0.39, 0.29) is 0 Å². The maximum absolute atomic E-state index is 5.61. The van der Waals surface area contributed by atoms with Crippen LogP contribution in [0.15, 0.2) is 0 Å². The molecular weight excluding hydrogens is 136 g/mol. The van der Waals surface area contributed by atoms with E-state index in [2.05, 4.69) is 5.32 Å². The van der Waals surface area contributed by atoms with Gasteiger partial charge in [-0.25, -0.2) is 0 Å². The molecule has 2 heteroatoms. The van der Waals surface area contributed by atoms with E-state index < -0.39 is 0 Å². The Morgan fingerprint density at radius 1 is 1.27 bits per heavy atom. The summed E-state index contributed by atoms with van der Waals surface area (Å²) in [5.74, 6) is 0.855. The molecule has 1 saturated heterocycles. The largest absolute Gasteiger partial charge is 0.330 e. The SMILES string of the molecule is NCC1CC2(CCNCC2)C1. The molecule has 0 aromatic carbocycles. The van der Waals surface area contributed by atoms with E-state index in [4.69, 9.17) is 5.73 Å². The van der Waals surface area contributed by atoms with Gasteiger partial charge in [0.1, 0.15) is 0 Å². The fraction of sp³-hybridized carbons (Fsp3) is 1.00. The summed E-state index contributed by atoms with van der Waals surface area (Å²) in [6.45, 7) is 3.38. The van der Waals surface area contributed by atoms with Crippen molar-refractivity contribution >= 4 is 0 Å². The summed E-state index contributed by atoms with van der Waals surface area (Å²) in [6, 6.07) is 0. The molecule has 1 aliphatic carbocycles. The Kier molecular flexibility index (Phi) is 1.90. The number of hydrogen-bond acceptors (Lipinski definition) is 2. The van der Waals surface area contributed by atoms with Crippen LogP contribution in [0.2, 0.25) is 0 Å². The molecule has 1 spiro atoms. The third-order valence-corrected chi connectivity index (χ3v) is 3.44. The van der Waals surface area contributed by atoms with Gasteiger partial charge in [-0.05, 0) is 56.7 Å². The van der Waals surface area contributed by atoms with Crippen molar-refractivity contribution in [1.82, 2.24) is 5.32 Å². The number of piperidine rings is 1. The zero-order chi connectivity index (χ0) is 7.73. The van der Waals surface area contributed by atoms with Gasteiger partial charge in [0.15, 0.2) is 0 Å². The Hall–Kier alpha value is -0.0800. The minimum absolute atomic E-state index is 0.731. The fourth-order valence-electron chi connectivity index (χ4n) is 2.70. The molecule has 2 rings (SSSR count). The van der Waals surface area contributed by atoms with E-state index in [0.717, 1.165) is 17.9 Å². The van der Waals surface area contributed by atoms with Gasteiger partial charge in [0.2, 0.25) is 0 Å². The van der Waals surface area contributed by atoms with Crippen LogP contribution in [-0.4, -0.2) is 19.6 Å². The van der Waals surface area contributed by atoms with Gasteiger partial charge in [-0.2, -0.15) is 0 Å². The summed E-state index contributed by atoms with van der Waals surface area (Å²) in [6.07, 6.45) is 5.60. The Labute approximate surface area is 68.5 Å². The van der Waals surface area contributed by atoms with Crippen LogP contribution in [0.4, 0.5) is 0 Å². The smallest absolute Gasteiger partial charge is 0.00436 e. The van der Waals surface area contributed by atoms with Crippen LogP contribution in [0.5, 0.6) is 0 Å². The molecule has 1 saturated carbocycles. The molecule has 0 aromatic heterocycles. The monoisotopic (exact) mass is 154 g/mol. The Bertz CT molecular complexity index is 130. The number of nitrogens with two attached hydrogens (primary N) is 1. The van der Waals surface area contributed by atoms with Crippen molar-refractivity contribution in [2.24, 2.45) is 17.1 Å². The van der Waals surface area contributed by atoms with Crippen molar-refractivity contribution in [3.05, 3.63) is 0 Å². The predicted octanol–water partition coefficient (Wildman–Crippen LogP) is 0.725. The van der Waals surface area contributed by atoms with Crippen molar-refractivity contribution in [3.63, 3.8) is 0 Å². The van der Waals surface area contributed by atoms with E-state index in [9.17, 15) is 0 Å². The Balaban J connectivity index is 1.84. The molecule has 64 valence electrons.